The minimum absolute atomic E-state index is 0.415. The van der Waals surface area contributed by atoms with Gasteiger partial charge in [0.25, 0.3) is 0 Å². The summed E-state index contributed by atoms with van der Waals surface area (Å²) in [7, 11) is 0. The maximum atomic E-state index is 12.2. The van der Waals surface area contributed by atoms with Gasteiger partial charge in [0.1, 0.15) is 6.33 Å². The van der Waals surface area contributed by atoms with E-state index in [9.17, 15) is 13.2 Å². The molecule has 0 atom stereocenters. The Bertz CT molecular complexity index is 347. The number of anilines is 1. The number of rotatable bonds is 4. The first kappa shape index (κ1) is 13.5. The molecule has 2 heterocycles. The SMILES string of the molecule is FC(F)(F)CN1CCC(CNc2ncns2)CC1. The summed E-state index contributed by atoms with van der Waals surface area (Å²) in [5.41, 5.74) is 0. The molecule has 1 aromatic rings. The minimum atomic E-state index is -4.09. The third-order valence-corrected chi connectivity index (χ3v) is 3.64. The lowest BCUT2D eigenvalue weighted by atomic mass is 9.97. The monoisotopic (exact) mass is 280 g/mol. The molecule has 1 N–H and O–H groups in total. The number of nitrogens with one attached hydrogen (secondary N) is 1. The number of nitrogens with zero attached hydrogens (tertiary/aromatic N) is 3. The van der Waals surface area contributed by atoms with E-state index in [1.807, 2.05) is 0 Å². The highest BCUT2D eigenvalue weighted by molar-refractivity contribution is 7.09. The van der Waals surface area contributed by atoms with Crippen LogP contribution in [0.15, 0.2) is 6.33 Å². The molecule has 0 radical (unpaired) electrons. The first-order valence-corrected chi connectivity index (χ1v) is 6.60. The summed E-state index contributed by atoms with van der Waals surface area (Å²) in [4.78, 5) is 5.47. The molecule has 2 rings (SSSR count). The Kier molecular flexibility index (Phi) is 4.39. The number of hydrogen-bond acceptors (Lipinski definition) is 5. The van der Waals surface area contributed by atoms with E-state index in [-0.39, 0.29) is 0 Å². The number of aromatic nitrogens is 2. The van der Waals surface area contributed by atoms with Crippen molar-refractivity contribution in [2.75, 3.05) is 31.5 Å². The van der Waals surface area contributed by atoms with Gasteiger partial charge in [-0.1, -0.05) is 0 Å². The van der Waals surface area contributed by atoms with Crippen molar-refractivity contribution < 1.29 is 13.2 Å². The van der Waals surface area contributed by atoms with Crippen molar-refractivity contribution in [1.29, 1.82) is 0 Å². The average Bonchev–Trinajstić information content (AvgIpc) is 2.79. The summed E-state index contributed by atoms with van der Waals surface area (Å²) >= 11 is 1.29. The number of alkyl halides is 3. The summed E-state index contributed by atoms with van der Waals surface area (Å²) in [6, 6.07) is 0. The highest BCUT2D eigenvalue weighted by Crippen LogP contribution is 2.22. The van der Waals surface area contributed by atoms with Crippen LogP contribution < -0.4 is 5.32 Å². The summed E-state index contributed by atoms with van der Waals surface area (Å²) in [5, 5.41) is 3.93. The molecule has 0 amide bonds. The predicted molar refractivity (Wildman–Crippen MR) is 63.6 cm³/mol. The van der Waals surface area contributed by atoms with Gasteiger partial charge in [-0.2, -0.15) is 17.5 Å². The molecule has 0 spiro atoms. The van der Waals surface area contributed by atoms with Crippen molar-refractivity contribution in [3.8, 4) is 0 Å². The Hall–Kier alpha value is -0.890. The smallest absolute Gasteiger partial charge is 0.360 e. The van der Waals surface area contributed by atoms with Crippen LogP contribution in [0.2, 0.25) is 0 Å². The molecule has 8 heteroatoms. The fourth-order valence-corrected chi connectivity index (χ4v) is 2.52. The number of piperidine rings is 1. The Morgan fingerprint density at radius 1 is 1.39 bits per heavy atom. The van der Waals surface area contributed by atoms with Gasteiger partial charge in [0.15, 0.2) is 0 Å². The first-order chi connectivity index (χ1) is 8.53. The third kappa shape index (κ3) is 4.41. The lowest BCUT2D eigenvalue weighted by Gasteiger charge is -2.32. The highest BCUT2D eigenvalue weighted by Gasteiger charge is 2.32. The summed E-state index contributed by atoms with van der Waals surface area (Å²) < 4.78 is 40.5. The van der Waals surface area contributed by atoms with Crippen LogP contribution >= 0.6 is 11.5 Å². The zero-order valence-electron chi connectivity index (χ0n) is 9.78. The highest BCUT2D eigenvalue weighted by atomic mass is 32.1. The predicted octanol–water partition coefficient (Wildman–Crippen LogP) is 2.22. The zero-order chi connectivity index (χ0) is 13.0. The van der Waals surface area contributed by atoms with Gasteiger partial charge in [0.05, 0.1) is 6.54 Å². The molecular weight excluding hydrogens is 265 g/mol. The molecule has 1 aliphatic rings. The third-order valence-electron chi connectivity index (χ3n) is 3.01. The van der Waals surface area contributed by atoms with Crippen molar-refractivity contribution in [3.05, 3.63) is 6.33 Å². The van der Waals surface area contributed by atoms with Crippen LogP contribution in [0.3, 0.4) is 0 Å². The molecule has 1 aromatic heterocycles. The van der Waals surface area contributed by atoms with Crippen LogP contribution in [-0.4, -0.2) is 46.6 Å². The van der Waals surface area contributed by atoms with Gasteiger partial charge < -0.3 is 5.32 Å². The molecule has 18 heavy (non-hydrogen) atoms. The van der Waals surface area contributed by atoms with Crippen LogP contribution in [0, 0.1) is 5.92 Å². The average molecular weight is 280 g/mol. The van der Waals surface area contributed by atoms with Crippen LogP contribution in [-0.2, 0) is 0 Å². The van der Waals surface area contributed by atoms with E-state index >= 15 is 0 Å². The van der Waals surface area contributed by atoms with E-state index in [0.29, 0.717) is 19.0 Å². The molecule has 0 unspecified atom stereocenters. The van der Waals surface area contributed by atoms with E-state index < -0.39 is 12.7 Å². The quantitative estimate of drug-likeness (QED) is 0.918. The zero-order valence-corrected chi connectivity index (χ0v) is 10.6. The van der Waals surface area contributed by atoms with Crippen molar-refractivity contribution >= 4 is 16.7 Å². The van der Waals surface area contributed by atoms with Crippen LogP contribution in [0.5, 0.6) is 0 Å². The lowest BCUT2D eigenvalue weighted by molar-refractivity contribution is -0.148. The summed E-state index contributed by atoms with van der Waals surface area (Å²) in [5.74, 6) is 0.415. The van der Waals surface area contributed by atoms with Crippen molar-refractivity contribution in [2.24, 2.45) is 5.92 Å². The molecular formula is C10H15F3N4S. The Labute approximate surface area is 107 Å². The molecule has 0 saturated carbocycles. The van der Waals surface area contributed by atoms with Gasteiger partial charge in [-0.15, -0.1) is 0 Å². The number of halogens is 3. The van der Waals surface area contributed by atoms with E-state index in [1.165, 1.54) is 22.8 Å². The van der Waals surface area contributed by atoms with Gasteiger partial charge in [0.2, 0.25) is 5.13 Å². The second kappa shape index (κ2) is 5.83. The molecule has 1 fully saturated rings. The second-order valence-electron chi connectivity index (χ2n) is 4.46. The number of hydrogen-bond donors (Lipinski definition) is 1. The fraction of sp³-hybridized carbons (Fsp3) is 0.800. The molecule has 4 nitrogen and oxygen atoms in total. The van der Waals surface area contributed by atoms with Crippen molar-refractivity contribution in [2.45, 2.75) is 19.0 Å². The molecule has 0 aliphatic carbocycles. The fourth-order valence-electron chi connectivity index (χ4n) is 2.08. The molecule has 1 saturated heterocycles. The maximum absolute atomic E-state index is 12.2. The van der Waals surface area contributed by atoms with E-state index in [2.05, 4.69) is 14.7 Å². The Morgan fingerprint density at radius 3 is 2.67 bits per heavy atom. The van der Waals surface area contributed by atoms with Crippen LogP contribution in [0.1, 0.15) is 12.8 Å². The normalized spacial score (nSPS) is 19.1. The maximum Gasteiger partial charge on any atom is 0.401 e. The minimum Gasteiger partial charge on any atom is -0.360 e. The van der Waals surface area contributed by atoms with Gasteiger partial charge in [-0.25, -0.2) is 4.98 Å². The number of likely N-dealkylation sites (tertiary alicyclic amines) is 1. The Balaban J connectivity index is 1.67. The van der Waals surface area contributed by atoms with Gasteiger partial charge in [-0.05, 0) is 31.8 Å². The second-order valence-corrected chi connectivity index (χ2v) is 5.24. The molecule has 0 bridgehead atoms. The van der Waals surface area contributed by atoms with Gasteiger partial charge in [-0.3, -0.25) is 4.90 Å². The molecule has 102 valence electrons. The van der Waals surface area contributed by atoms with Crippen LogP contribution in [0.4, 0.5) is 18.3 Å². The van der Waals surface area contributed by atoms with Crippen molar-refractivity contribution in [3.63, 3.8) is 0 Å². The van der Waals surface area contributed by atoms with Gasteiger partial charge >= 0.3 is 6.18 Å². The van der Waals surface area contributed by atoms with Crippen molar-refractivity contribution in [1.82, 2.24) is 14.3 Å². The van der Waals surface area contributed by atoms with E-state index in [0.717, 1.165) is 24.5 Å². The Morgan fingerprint density at radius 2 is 2.11 bits per heavy atom. The largest absolute Gasteiger partial charge is 0.401 e. The van der Waals surface area contributed by atoms with E-state index in [4.69, 9.17) is 0 Å². The standard InChI is InChI=1S/C10H15F3N4S/c11-10(12,13)6-17-3-1-8(2-4-17)5-14-9-15-7-16-18-9/h7-8H,1-6H2,(H,14,15,16). The van der Waals surface area contributed by atoms with E-state index in [1.54, 1.807) is 0 Å². The first-order valence-electron chi connectivity index (χ1n) is 5.82. The van der Waals surface area contributed by atoms with Crippen LogP contribution in [0.25, 0.3) is 0 Å². The summed E-state index contributed by atoms with van der Waals surface area (Å²) in [6.07, 6.45) is -1.01. The van der Waals surface area contributed by atoms with Gasteiger partial charge in [0, 0.05) is 18.1 Å². The topological polar surface area (TPSA) is 41.0 Å². The molecule has 0 aromatic carbocycles. The lowest BCUT2D eigenvalue weighted by Crippen LogP contribution is -2.41. The molecule has 1 aliphatic heterocycles. The summed E-state index contributed by atoms with van der Waals surface area (Å²) in [6.45, 7) is 1.00.